The molecule has 7 heteroatoms. The molecule has 0 saturated carbocycles. The molecule has 0 unspecified atom stereocenters. The molecule has 3 aromatic heterocycles. The number of anilines is 1. The van der Waals surface area contributed by atoms with Crippen LogP contribution in [-0.2, 0) is 4.79 Å². The predicted molar refractivity (Wildman–Crippen MR) is 107 cm³/mol. The second-order valence-electron chi connectivity index (χ2n) is 6.40. The van der Waals surface area contributed by atoms with Gasteiger partial charge < -0.3 is 9.73 Å². The molecule has 0 aliphatic rings. The number of para-hydroxylation sites is 1. The zero-order valence-electron chi connectivity index (χ0n) is 15.2. The van der Waals surface area contributed by atoms with Crippen molar-refractivity contribution in [1.29, 1.82) is 0 Å². The first-order chi connectivity index (χ1) is 13.1. The van der Waals surface area contributed by atoms with Gasteiger partial charge in [-0.05, 0) is 25.5 Å². The molecule has 1 N–H and O–H groups in total. The molecule has 0 saturated heterocycles. The number of rotatable bonds is 6. The number of carbonyl (C=O) groups is 1. The Morgan fingerprint density at radius 1 is 1.30 bits per heavy atom. The van der Waals surface area contributed by atoms with Crippen LogP contribution in [0, 0.1) is 6.92 Å². The van der Waals surface area contributed by atoms with Crippen LogP contribution < -0.4 is 5.32 Å². The van der Waals surface area contributed by atoms with E-state index in [0.29, 0.717) is 17.4 Å². The minimum Gasteiger partial charge on any atom is -0.454 e. The van der Waals surface area contributed by atoms with Crippen LogP contribution >= 0.6 is 11.3 Å². The van der Waals surface area contributed by atoms with Gasteiger partial charge in [0, 0.05) is 23.3 Å². The molecule has 1 amide bonds. The third-order valence-electron chi connectivity index (χ3n) is 4.21. The highest BCUT2D eigenvalue weighted by Crippen LogP contribution is 2.30. The summed E-state index contributed by atoms with van der Waals surface area (Å²) in [7, 11) is 0. The molecule has 138 valence electrons. The number of nitrogens with zero attached hydrogens (tertiary/aromatic N) is 3. The number of thiazole rings is 1. The van der Waals surface area contributed by atoms with Crippen LogP contribution in [0.3, 0.4) is 0 Å². The van der Waals surface area contributed by atoms with Gasteiger partial charge in [-0.2, -0.15) is 9.78 Å². The molecular weight excluding hydrogens is 360 g/mol. The highest BCUT2D eigenvalue weighted by Gasteiger charge is 2.16. The molecular formula is C20H20N4O2S. The van der Waals surface area contributed by atoms with Crippen LogP contribution in [0.2, 0.25) is 0 Å². The largest absolute Gasteiger partial charge is 0.454 e. The molecule has 0 aliphatic heterocycles. The number of hydrogen-bond acceptors (Lipinski definition) is 5. The van der Waals surface area contributed by atoms with Crippen LogP contribution in [-0.4, -0.2) is 20.7 Å². The zero-order valence-corrected chi connectivity index (χ0v) is 16.0. The number of hydrogen-bond donors (Lipinski definition) is 1. The van der Waals surface area contributed by atoms with Crippen molar-refractivity contribution in [2.75, 3.05) is 5.32 Å². The van der Waals surface area contributed by atoms with Gasteiger partial charge in [-0.25, -0.2) is 4.98 Å². The quantitative estimate of drug-likeness (QED) is 0.500. The molecule has 0 bridgehead atoms. The lowest BCUT2D eigenvalue weighted by atomic mass is 10.2. The van der Waals surface area contributed by atoms with Crippen LogP contribution in [0.4, 0.5) is 5.82 Å². The minimum atomic E-state index is -0.00735. The van der Waals surface area contributed by atoms with Gasteiger partial charge in [-0.3, -0.25) is 4.79 Å². The van der Waals surface area contributed by atoms with E-state index in [9.17, 15) is 4.79 Å². The molecule has 4 rings (SSSR count). The van der Waals surface area contributed by atoms with E-state index in [2.05, 4.69) is 22.3 Å². The standard InChI is InChI=1S/C20H20N4O2S/c1-3-4-9-19(25)22-18-10-13(2)23-24(18)20-21-15(12-27-20)17-11-14-7-5-6-8-16(14)26-17/h5-8,10-12H,3-4,9H2,1-2H3,(H,22,25). The number of aromatic nitrogens is 3. The molecule has 0 atom stereocenters. The first-order valence-corrected chi connectivity index (χ1v) is 9.83. The van der Waals surface area contributed by atoms with Gasteiger partial charge in [-0.15, -0.1) is 11.3 Å². The zero-order chi connectivity index (χ0) is 18.8. The fourth-order valence-corrected chi connectivity index (χ4v) is 3.64. The van der Waals surface area contributed by atoms with Crippen molar-refractivity contribution < 1.29 is 9.21 Å². The lowest BCUT2D eigenvalue weighted by Crippen LogP contribution is -2.14. The van der Waals surface area contributed by atoms with Gasteiger partial charge >= 0.3 is 0 Å². The van der Waals surface area contributed by atoms with E-state index >= 15 is 0 Å². The third-order valence-corrected chi connectivity index (χ3v) is 5.02. The Balaban J connectivity index is 1.62. The Hall–Kier alpha value is -2.93. The summed E-state index contributed by atoms with van der Waals surface area (Å²) >= 11 is 1.46. The number of carbonyl (C=O) groups excluding carboxylic acids is 1. The maximum atomic E-state index is 12.1. The molecule has 6 nitrogen and oxygen atoms in total. The number of benzene rings is 1. The van der Waals surface area contributed by atoms with E-state index in [4.69, 9.17) is 4.42 Å². The maximum absolute atomic E-state index is 12.1. The minimum absolute atomic E-state index is 0.00735. The van der Waals surface area contributed by atoms with Gasteiger partial charge in [0.1, 0.15) is 17.1 Å². The number of amides is 1. The number of unbranched alkanes of at least 4 members (excludes halogenated alkanes) is 1. The van der Waals surface area contributed by atoms with Crippen molar-refractivity contribution in [3.63, 3.8) is 0 Å². The summed E-state index contributed by atoms with van der Waals surface area (Å²) < 4.78 is 7.57. The maximum Gasteiger partial charge on any atom is 0.225 e. The van der Waals surface area contributed by atoms with E-state index in [0.717, 1.165) is 41.0 Å². The number of nitrogens with one attached hydrogen (secondary N) is 1. The summed E-state index contributed by atoms with van der Waals surface area (Å²) in [6.07, 6.45) is 2.36. The van der Waals surface area contributed by atoms with E-state index in [1.54, 1.807) is 4.68 Å². The summed E-state index contributed by atoms with van der Waals surface area (Å²) in [5.74, 6) is 1.35. The van der Waals surface area contributed by atoms with Crippen LogP contribution in [0.25, 0.3) is 27.6 Å². The Kier molecular flexibility index (Phi) is 4.77. The second-order valence-corrected chi connectivity index (χ2v) is 7.23. The van der Waals surface area contributed by atoms with Gasteiger partial charge in [0.2, 0.25) is 11.0 Å². The number of fused-ring (bicyclic) bond motifs is 1. The predicted octanol–water partition coefficient (Wildman–Crippen LogP) is 5.18. The summed E-state index contributed by atoms with van der Waals surface area (Å²) in [6, 6.07) is 11.7. The highest BCUT2D eigenvalue weighted by atomic mass is 32.1. The van der Waals surface area contributed by atoms with Crippen molar-refractivity contribution in [2.45, 2.75) is 33.1 Å². The van der Waals surface area contributed by atoms with Crippen molar-refractivity contribution >= 4 is 34.0 Å². The molecule has 0 spiro atoms. The second kappa shape index (κ2) is 7.36. The smallest absolute Gasteiger partial charge is 0.225 e. The number of furan rings is 1. The third kappa shape index (κ3) is 3.64. The molecule has 1 aromatic carbocycles. The van der Waals surface area contributed by atoms with Crippen LogP contribution in [0.15, 0.2) is 46.2 Å². The average Bonchev–Trinajstić information content (AvgIpc) is 3.37. The fraction of sp³-hybridized carbons (Fsp3) is 0.250. The first kappa shape index (κ1) is 17.5. The van der Waals surface area contributed by atoms with Crippen LogP contribution in [0.1, 0.15) is 31.9 Å². The first-order valence-electron chi connectivity index (χ1n) is 8.95. The van der Waals surface area contributed by atoms with Gasteiger partial charge in [0.15, 0.2) is 5.76 Å². The fourth-order valence-electron chi connectivity index (χ4n) is 2.86. The van der Waals surface area contributed by atoms with E-state index in [-0.39, 0.29) is 5.91 Å². The lowest BCUT2D eigenvalue weighted by molar-refractivity contribution is -0.116. The summed E-state index contributed by atoms with van der Waals surface area (Å²) in [6.45, 7) is 3.96. The van der Waals surface area contributed by atoms with E-state index in [1.807, 2.05) is 48.7 Å². The molecule has 0 aliphatic carbocycles. The SMILES string of the molecule is CCCCC(=O)Nc1cc(C)nn1-c1nc(-c2cc3ccccc3o2)cs1. The normalized spacial score (nSPS) is 11.2. The van der Waals surface area contributed by atoms with Crippen LogP contribution in [0.5, 0.6) is 0 Å². The van der Waals surface area contributed by atoms with Gasteiger partial charge in [0.25, 0.3) is 0 Å². The Bertz CT molecular complexity index is 1060. The van der Waals surface area contributed by atoms with Gasteiger partial charge in [0.05, 0.1) is 5.69 Å². The lowest BCUT2D eigenvalue weighted by Gasteiger charge is -2.05. The Morgan fingerprint density at radius 3 is 2.96 bits per heavy atom. The Morgan fingerprint density at radius 2 is 2.15 bits per heavy atom. The summed E-state index contributed by atoms with van der Waals surface area (Å²) in [5, 5.41) is 11.1. The molecule has 4 aromatic rings. The molecule has 0 radical (unpaired) electrons. The Labute approximate surface area is 160 Å². The van der Waals surface area contributed by atoms with Crippen molar-refractivity contribution in [2.24, 2.45) is 0 Å². The van der Waals surface area contributed by atoms with E-state index < -0.39 is 0 Å². The van der Waals surface area contributed by atoms with E-state index in [1.165, 1.54) is 11.3 Å². The van der Waals surface area contributed by atoms with Crippen molar-refractivity contribution in [3.05, 3.63) is 47.5 Å². The molecule has 27 heavy (non-hydrogen) atoms. The topological polar surface area (TPSA) is 73.0 Å². The average molecular weight is 380 g/mol. The number of aryl methyl sites for hydroxylation is 1. The monoisotopic (exact) mass is 380 g/mol. The summed E-state index contributed by atoms with van der Waals surface area (Å²) in [5.41, 5.74) is 2.41. The van der Waals surface area contributed by atoms with Gasteiger partial charge in [-0.1, -0.05) is 31.5 Å². The highest BCUT2D eigenvalue weighted by molar-refractivity contribution is 7.12. The van der Waals surface area contributed by atoms with Crippen molar-refractivity contribution in [1.82, 2.24) is 14.8 Å². The van der Waals surface area contributed by atoms with Crippen molar-refractivity contribution in [3.8, 4) is 16.6 Å². The molecule has 0 fully saturated rings. The molecule has 3 heterocycles. The summed E-state index contributed by atoms with van der Waals surface area (Å²) in [4.78, 5) is 16.8.